The van der Waals surface area contributed by atoms with Crippen molar-refractivity contribution in [2.24, 2.45) is 7.05 Å². The number of ether oxygens (including phenoxy) is 1. The molecule has 5 aromatic rings. The van der Waals surface area contributed by atoms with Gasteiger partial charge in [0.25, 0.3) is 5.89 Å². The van der Waals surface area contributed by atoms with Gasteiger partial charge < -0.3 is 9.26 Å². The number of aromatic nitrogens is 9. The van der Waals surface area contributed by atoms with Gasteiger partial charge in [0, 0.05) is 24.9 Å². The molecule has 0 fully saturated rings. The first-order chi connectivity index (χ1) is 16.0. The van der Waals surface area contributed by atoms with Crippen LogP contribution >= 0.6 is 11.6 Å². The van der Waals surface area contributed by atoms with Gasteiger partial charge in [0.05, 0.1) is 24.0 Å². The molecule has 0 atom stereocenters. The molecular formula is C21H18ClN9O2. The first kappa shape index (κ1) is 20.8. The highest BCUT2D eigenvalue weighted by atomic mass is 35.5. The van der Waals surface area contributed by atoms with Crippen LogP contribution < -0.4 is 4.74 Å². The second-order valence-electron chi connectivity index (χ2n) is 7.22. The number of hydrogen-bond donors (Lipinski definition) is 0. The molecule has 5 rings (SSSR count). The lowest BCUT2D eigenvalue weighted by Crippen LogP contribution is -2.04. The molecule has 0 aliphatic rings. The summed E-state index contributed by atoms with van der Waals surface area (Å²) in [6.45, 7) is 2.57. The number of aryl methyl sites for hydroxylation is 2. The SMILES string of the molecule is Cc1nnn(Cc2ccc(-c3noc(-c4cnn(C)c4COc4ccnc(Cl)c4)n3)cc2)n1. The number of rotatable bonds is 7. The Balaban J connectivity index is 1.32. The van der Waals surface area contributed by atoms with Crippen molar-refractivity contribution in [1.82, 2.24) is 45.1 Å². The third kappa shape index (κ3) is 4.58. The minimum atomic E-state index is 0.244. The van der Waals surface area contributed by atoms with E-state index in [-0.39, 0.29) is 6.61 Å². The van der Waals surface area contributed by atoms with Gasteiger partial charge in [-0.25, -0.2) is 4.98 Å². The fourth-order valence-electron chi connectivity index (χ4n) is 3.20. The van der Waals surface area contributed by atoms with Crippen LogP contribution in [0.2, 0.25) is 5.15 Å². The summed E-state index contributed by atoms with van der Waals surface area (Å²) in [6, 6.07) is 11.2. The van der Waals surface area contributed by atoms with E-state index in [0.717, 1.165) is 16.8 Å². The predicted octanol–water partition coefficient (Wildman–Crippen LogP) is 3.11. The molecule has 0 radical (unpaired) electrons. The molecular weight excluding hydrogens is 446 g/mol. The molecule has 4 aromatic heterocycles. The molecule has 166 valence electrons. The van der Waals surface area contributed by atoms with E-state index in [2.05, 4.69) is 35.6 Å². The van der Waals surface area contributed by atoms with E-state index in [0.29, 0.717) is 40.6 Å². The maximum Gasteiger partial charge on any atom is 0.261 e. The number of nitrogens with zero attached hydrogens (tertiary/aromatic N) is 9. The van der Waals surface area contributed by atoms with Gasteiger partial charge in [0.2, 0.25) is 5.82 Å². The molecule has 0 bridgehead atoms. The molecule has 0 unspecified atom stereocenters. The molecule has 0 aliphatic carbocycles. The van der Waals surface area contributed by atoms with Gasteiger partial charge in [-0.05, 0) is 23.8 Å². The quantitative estimate of drug-likeness (QED) is 0.335. The van der Waals surface area contributed by atoms with Crippen LogP contribution in [0.5, 0.6) is 5.75 Å². The van der Waals surface area contributed by atoms with E-state index in [1.54, 1.807) is 40.9 Å². The van der Waals surface area contributed by atoms with Crippen molar-refractivity contribution in [3.63, 3.8) is 0 Å². The zero-order chi connectivity index (χ0) is 22.8. The van der Waals surface area contributed by atoms with Gasteiger partial charge in [0.1, 0.15) is 17.5 Å². The molecule has 4 heterocycles. The van der Waals surface area contributed by atoms with Crippen LogP contribution in [0.4, 0.5) is 0 Å². The minimum absolute atomic E-state index is 0.244. The molecule has 0 N–H and O–H groups in total. The van der Waals surface area contributed by atoms with E-state index < -0.39 is 0 Å². The Morgan fingerprint density at radius 3 is 2.76 bits per heavy atom. The Morgan fingerprint density at radius 2 is 2.00 bits per heavy atom. The molecule has 0 spiro atoms. The minimum Gasteiger partial charge on any atom is -0.487 e. The predicted molar refractivity (Wildman–Crippen MR) is 117 cm³/mol. The molecule has 1 aromatic carbocycles. The number of halogens is 1. The summed E-state index contributed by atoms with van der Waals surface area (Å²) in [5, 5.41) is 20.9. The Kier molecular flexibility index (Phi) is 5.53. The van der Waals surface area contributed by atoms with E-state index in [9.17, 15) is 0 Å². The molecule has 0 saturated heterocycles. The van der Waals surface area contributed by atoms with E-state index in [1.807, 2.05) is 31.3 Å². The molecule has 12 heteroatoms. The van der Waals surface area contributed by atoms with E-state index in [1.165, 1.54) is 0 Å². The zero-order valence-electron chi connectivity index (χ0n) is 17.8. The van der Waals surface area contributed by atoms with Crippen molar-refractivity contribution in [3.05, 3.63) is 71.0 Å². The third-order valence-electron chi connectivity index (χ3n) is 4.88. The normalized spacial score (nSPS) is 11.1. The molecule has 0 aliphatic heterocycles. The van der Waals surface area contributed by atoms with Crippen LogP contribution in [-0.2, 0) is 20.2 Å². The summed E-state index contributed by atoms with van der Waals surface area (Å²) in [4.78, 5) is 10.0. The lowest BCUT2D eigenvalue weighted by atomic mass is 10.1. The average molecular weight is 464 g/mol. The van der Waals surface area contributed by atoms with Crippen LogP contribution in [-0.4, -0.2) is 45.1 Å². The van der Waals surface area contributed by atoms with Crippen molar-refractivity contribution in [3.8, 4) is 28.6 Å². The Bertz CT molecular complexity index is 1390. The average Bonchev–Trinajstić information content (AvgIpc) is 3.53. The molecule has 0 saturated carbocycles. The van der Waals surface area contributed by atoms with Crippen LogP contribution in [0, 0.1) is 6.92 Å². The van der Waals surface area contributed by atoms with Gasteiger partial charge in [-0.1, -0.05) is 41.0 Å². The zero-order valence-corrected chi connectivity index (χ0v) is 18.5. The van der Waals surface area contributed by atoms with Gasteiger partial charge in [-0.3, -0.25) is 4.68 Å². The topological polar surface area (TPSA) is 122 Å². The highest BCUT2D eigenvalue weighted by Crippen LogP contribution is 2.26. The second kappa shape index (κ2) is 8.79. The smallest absolute Gasteiger partial charge is 0.261 e. The molecule has 33 heavy (non-hydrogen) atoms. The van der Waals surface area contributed by atoms with Crippen molar-refractivity contribution in [1.29, 1.82) is 0 Å². The number of pyridine rings is 1. The maximum absolute atomic E-state index is 5.92. The monoisotopic (exact) mass is 463 g/mol. The number of benzene rings is 1. The standard InChI is InChI=1S/C21H18ClN9O2/c1-13-26-29-31(27-13)11-14-3-5-15(6-4-14)20-25-21(33-28-20)17-10-24-30(2)18(17)12-32-16-7-8-23-19(22)9-16/h3-10H,11-12H2,1-2H3. The third-order valence-corrected chi connectivity index (χ3v) is 5.09. The summed E-state index contributed by atoms with van der Waals surface area (Å²) in [5.74, 6) is 2.07. The maximum atomic E-state index is 5.92. The lowest BCUT2D eigenvalue weighted by Gasteiger charge is -2.07. The Morgan fingerprint density at radius 1 is 1.15 bits per heavy atom. The summed E-state index contributed by atoms with van der Waals surface area (Å²) in [6.07, 6.45) is 3.26. The van der Waals surface area contributed by atoms with Crippen LogP contribution in [0.15, 0.2) is 53.3 Å². The number of tetrazole rings is 1. The van der Waals surface area contributed by atoms with Gasteiger partial charge >= 0.3 is 0 Å². The second-order valence-corrected chi connectivity index (χ2v) is 7.61. The van der Waals surface area contributed by atoms with Crippen molar-refractivity contribution >= 4 is 11.6 Å². The summed E-state index contributed by atoms with van der Waals surface area (Å²) < 4.78 is 13.1. The van der Waals surface area contributed by atoms with Gasteiger partial charge in [0.15, 0.2) is 5.82 Å². The van der Waals surface area contributed by atoms with Gasteiger partial charge in [-0.2, -0.15) is 14.9 Å². The Labute approximate surface area is 193 Å². The molecule has 11 nitrogen and oxygen atoms in total. The summed E-state index contributed by atoms with van der Waals surface area (Å²) >= 11 is 5.92. The summed E-state index contributed by atoms with van der Waals surface area (Å²) in [7, 11) is 1.82. The summed E-state index contributed by atoms with van der Waals surface area (Å²) in [5.41, 5.74) is 3.33. The fourth-order valence-corrected chi connectivity index (χ4v) is 3.37. The van der Waals surface area contributed by atoms with Crippen molar-refractivity contribution < 1.29 is 9.26 Å². The van der Waals surface area contributed by atoms with E-state index >= 15 is 0 Å². The first-order valence-corrected chi connectivity index (χ1v) is 10.4. The van der Waals surface area contributed by atoms with Crippen LogP contribution in [0.3, 0.4) is 0 Å². The van der Waals surface area contributed by atoms with Crippen LogP contribution in [0.25, 0.3) is 22.8 Å². The van der Waals surface area contributed by atoms with E-state index in [4.69, 9.17) is 20.9 Å². The fraction of sp³-hybridized carbons (Fsp3) is 0.190. The van der Waals surface area contributed by atoms with Crippen molar-refractivity contribution in [2.75, 3.05) is 0 Å². The largest absolute Gasteiger partial charge is 0.487 e. The Hall–Kier alpha value is -4.12. The number of hydrogen-bond acceptors (Lipinski definition) is 9. The highest BCUT2D eigenvalue weighted by Gasteiger charge is 2.18. The highest BCUT2D eigenvalue weighted by molar-refractivity contribution is 6.29. The lowest BCUT2D eigenvalue weighted by molar-refractivity contribution is 0.294. The first-order valence-electron chi connectivity index (χ1n) is 9.98. The molecule has 0 amide bonds. The van der Waals surface area contributed by atoms with Crippen LogP contribution in [0.1, 0.15) is 17.1 Å². The van der Waals surface area contributed by atoms with Gasteiger partial charge in [-0.15, -0.1) is 10.2 Å². The van der Waals surface area contributed by atoms with Crippen molar-refractivity contribution in [2.45, 2.75) is 20.1 Å².